The standard InChI is InChI=1S/C8H6BrF3NO2S.CH3.Y/c1-13-16(14,15)7-3-2-5(9)4-6(7)8(10,11)12;;/h2-4H,1H3;1H3;/q2*-1;. The second-order valence-corrected chi connectivity index (χ2v) is 5.47. The molecule has 0 aliphatic heterocycles. The van der Waals surface area contributed by atoms with Crippen molar-refractivity contribution in [2.75, 3.05) is 7.05 Å². The third-order valence-corrected chi connectivity index (χ3v) is 3.65. The van der Waals surface area contributed by atoms with Crippen LogP contribution in [0.3, 0.4) is 0 Å². The number of hydrogen-bond acceptors (Lipinski definition) is 2. The number of hydrogen-bond donors (Lipinski definition) is 0. The Kier molecular flexibility index (Phi) is 8.48. The van der Waals surface area contributed by atoms with Crippen LogP contribution in [0.2, 0.25) is 0 Å². The predicted octanol–water partition coefficient (Wildman–Crippen LogP) is 3.61. The molecule has 3 nitrogen and oxygen atoms in total. The zero-order valence-electron chi connectivity index (χ0n) is 9.49. The van der Waals surface area contributed by atoms with Gasteiger partial charge in [-0.15, -0.1) is 0 Å². The van der Waals surface area contributed by atoms with E-state index in [0.29, 0.717) is 6.07 Å². The van der Waals surface area contributed by atoms with Gasteiger partial charge in [-0.05, 0) is 18.2 Å². The van der Waals surface area contributed by atoms with Crippen LogP contribution >= 0.6 is 15.9 Å². The first-order chi connectivity index (χ1) is 7.18. The first-order valence-electron chi connectivity index (χ1n) is 3.91. The van der Waals surface area contributed by atoms with Gasteiger partial charge in [-0.25, -0.2) is 8.42 Å². The molecular weight excluding hydrogens is 412 g/mol. The Morgan fingerprint density at radius 2 is 1.78 bits per heavy atom. The molecule has 0 saturated carbocycles. The summed E-state index contributed by atoms with van der Waals surface area (Å²) in [6, 6.07) is 2.79. The zero-order chi connectivity index (χ0) is 12.6. The summed E-state index contributed by atoms with van der Waals surface area (Å²) in [4.78, 5) is -0.842. The van der Waals surface area contributed by atoms with Crippen molar-refractivity contribution in [3.63, 3.8) is 0 Å². The smallest absolute Gasteiger partial charge is 0.417 e. The molecule has 0 aliphatic carbocycles. The quantitative estimate of drug-likeness (QED) is 0.686. The summed E-state index contributed by atoms with van der Waals surface area (Å²) in [7, 11) is -3.32. The topological polar surface area (TPSA) is 48.2 Å². The average Bonchev–Trinajstić information content (AvgIpc) is 2.16. The van der Waals surface area contributed by atoms with E-state index >= 15 is 0 Å². The molecule has 0 saturated heterocycles. The van der Waals surface area contributed by atoms with Crippen molar-refractivity contribution in [2.24, 2.45) is 0 Å². The fraction of sp³-hybridized carbons (Fsp3) is 0.222. The summed E-state index contributed by atoms with van der Waals surface area (Å²) in [6.07, 6.45) is -4.74. The molecule has 18 heavy (non-hydrogen) atoms. The maximum atomic E-state index is 12.6. The Bertz CT molecular complexity index is 505. The van der Waals surface area contributed by atoms with E-state index in [0.717, 1.165) is 13.1 Å². The van der Waals surface area contributed by atoms with E-state index in [4.69, 9.17) is 0 Å². The molecule has 9 heteroatoms. The maximum Gasteiger partial charge on any atom is 0.417 e. The van der Waals surface area contributed by atoms with Crippen LogP contribution in [0.15, 0.2) is 27.6 Å². The van der Waals surface area contributed by atoms with E-state index in [1.54, 1.807) is 0 Å². The fourth-order valence-electron chi connectivity index (χ4n) is 1.05. The van der Waals surface area contributed by atoms with Crippen LogP contribution in [0.4, 0.5) is 13.2 Å². The molecule has 0 aliphatic rings. The minimum atomic E-state index is -4.74. The predicted molar refractivity (Wildman–Crippen MR) is 62.0 cm³/mol. The molecule has 1 rings (SSSR count). The summed E-state index contributed by atoms with van der Waals surface area (Å²) < 4.78 is 63.4. The van der Waals surface area contributed by atoms with Gasteiger partial charge in [0.25, 0.3) is 0 Å². The van der Waals surface area contributed by atoms with E-state index in [2.05, 4.69) is 20.7 Å². The Labute approximate surface area is 138 Å². The summed E-state index contributed by atoms with van der Waals surface area (Å²) in [6.45, 7) is 0. The summed E-state index contributed by atoms with van der Waals surface area (Å²) in [5, 5.41) is 0. The van der Waals surface area contributed by atoms with Crippen molar-refractivity contribution in [2.45, 2.75) is 11.1 Å². The monoisotopic (exact) mass is 420 g/mol. The molecule has 0 fully saturated rings. The van der Waals surface area contributed by atoms with Crippen molar-refractivity contribution in [3.05, 3.63) is 40.4 Å². The first-order valence-corrected chi connectivity index (χ1v) is 6.14. The minimum Gasteiger partial charge on any atom is -0.547 e. The second kappa shape index (κ2) is 7.33. The van der Waals surface area contributed by atoms with Gasteiger partial charge in [0, 0.05) is 37.2 Å². The van der Waals surface area contributed by atoms with E-state index in [9.17, 15) is 21.6 Å². The molecule has 0 N–H and O–H groups in total. The third kappa shape index (κ3) is 4.88. The van der Waals surface area contributed by atoms with Crippen molar-refractivity contribution >= 4 is 26.0 Å². The number of sulfonamides is 1. The van der Waals surface area contributed by atoms with Gasteiger partial charge in [0.2, 0.25) is 0 Å². The molecule has 0 bridgehead atoms. The van der Waals surface area contributed by atoms with Gasteiger partial charge < -0.3 is 12.1 Å². The van der Waals surface area contributed by atoms with Crippen molar-refractivity contribution in [3.8, 4) is 0 Å². The van der Waals surface area contributed by atoms with E-state index in [1.807, 2.05) is 0 Å². The number of benzene rings is 1. The van der Waals surface area contributed by atoms with Crippen LogP contribution in [0.1, 0.15) is 5.56 Å². The van der Waals surface area contributed by atoms with Crippen LogP contribution < -0.4 is 0 Å². The Morgan fingerprint density at radius 1 is 1.28 bits per heavy atom. The van der Waals surface area contributed by atoms with Crippen molar-refractivity contribution in [1.29, 1.82) is 0 Å². The third-order valence-electron chi connectivity index (χ3n) is 1.77. The number of nitrogens with zero attached hydrogens (tertiary/aromatic N) is 1. The zero-order valence-corrected chi connectivity index (χ0v) is 14.7. The normalized spacial score (nSPS) is 11.4. The summed E-state index contributed by atoms with van der Waals surface area (Å²) >= 11 is 2.85. The minimum absolute atomic E-state index is 0. The van der Waals surface area contributed by atoms with Gasteiger partial charge in [-0.1, -0.05) is 15.9 Å². The van der Waals surface area contributed by atoms with Crippen LogP contribution in [0.5, 0.6) is 0 Å². The van der Waals surface area contributed by atoms with Crippen LogP contribution in [-0.4, -0.2) is 15.5 Å². The Hall–Kier alpha value is 0.504. The molecule has 101 valence electrons. The molecule has 0 unspecified atom stereocenters. The van der Waals surface area contributed by atoms with Crippen molar-refractivity contribution in [1.82, 2.24) is 0 Å². The Morgan fingerprint density at radius 3 is 2.17 bits per heavy atom. The van der Waals surface area contributed by atoms with Crippen LogP contribution in [0, 0.1) is 7.43 Å². The van der Waals surface area contributed by atoms with Gasteiger partial charge in [-0.3, -0.25) is 0 Å². The SMILES string of the molecule is C[N-]S(=O)(=O)c1ccc(Br)cc1C(F)(F)F.[CH3-].[Y]. The molecule has 1 aromatic rings. The van der Waals surface area contributed by atoms with E-state index in [-0.39, 0.29) is 44.6 Å². The van der Waals surface area contributed by atoms with Gasteiger partial charge in [0.15, 0.2) is 0 Å². The van der Waals surface area contributed by atoms with E-state index in [1.165, 1.54) is 6.07 Å². The molecular formula is C9H9BrF3NO2SY-2. The largest absolute Gasteiger partial charge is 0.547 e. The molecule has 0 amide bonds. The van der Waals surface area contributed by atoms with E-state index < -0.39 is 26.7 Å². The number of rotatable bonds is 2. The molecule has 1 radical (unpaired) electrons. The van der Waals surface area contributed by atoms with Gasteiger partial charge in [0.1, 0.15) is 10.0 Å². The second-order valence-electron chi connectivity index (χ2n) is 2.80. The molecule has 0 spiro atoms. The molecule has 0 aromatic heterocycles. The molecule has 1 aromatic carbocycles. The fourth-order valence-corrected chi connectivity index (χ4v) is 2.30. The van der Waals surface area contributed by atoms with Crippen molar-refractivity contribution < 1.29 is 54.3 Å². The van der Waals surface area contributed by atoms with Gasteiger partial charge in [0.05, 0.1) is 10.5 Å². The average molecular weight is 421 g/mol. The Balaban J connectivity index is 0. The van der Waals surface area contributed by atoms with Gasteiger partial charge >= 0.3 is 6.18 Å². The summed E-state index contributed by atoms with van der Waals surface area (Å²) in [5.74, 6) is 0. The maximum absolute atomic E-state index is 12.6. The summed E-state index contributed by atoms with van der Waals surface area (Å²) in [5.41, 5.74) is -1.23. The number of halogens is 4. The first kappa shape index (κ1) is 20.8. The van der Waals surface area contributed by atoms with Gasteiger partial charge in [-0.2, -0.15) is 20.2 Å². The van der Waals surface area contributed by atoms with Crippen LogP contribution in [-0.2, 0) is 48.9 Å². The molecule has 0 heterocycles. The van der Waals surface area contributed by atoms with Crippen LogP contribution in [0.25, 0.3) is 4.72 Å². The molecule has 0 atom stereocenters. The number of alkyl halides is 3.